The largest absolute Gasteiger partial charge is 0.424 e. The minimum atomic E-state index is -0.487. The van der Waals surface area contributed by atoms with Gasteiger partial charge in [-0.1, -0.05) is 25.4 Å². The number of halogens is 3. The van der Waals surface area contributed by atoms with Crippen molar-refractivity contribution in [2.45, 2.75) is 20.4 Å². The van der Waals surface area contributed by atoms with Gasteiger partial charge in [-0.05, 0) is 34.0 Å². The van der Waals surface area contributed by atoms with Crippen LogP contribution in [0.3, 0.4) is 0 Å². The highest BCUT2D eigenvalue weighted by atomic mass is 79.9. The first-order valence-corrected chi connectivity index (χ1v) is 6.86. The molecule has 4 nitrogen and oxygen atoms in total. The maximum absolute atomic E-state index is 13.1. The highest BCUT2D eigenvalue weighted by Gasteiger charge is 2.12. The Kier molecular flexibility index (Phi) is 4.42. The van der Waals surface area contributed by atoms with Crippen molar-refractivity contribution in [3.63, 3.8) is 0 Å². The summed E-state index contributed by atoms with van der Waals surface area (Å²) in [6.45, 7) is 4.80. The highest BCUT2D eigenvalue weighted by Crippen LogP contribution is 2.26. The Labute approximate surface area is 123 Å². The molecule has 0 unspecified atom stereocenters. The number of ether oxygens (including phenoxy) is 1. The van der Waals surface area contributed by atoms with Crippen molar-refractivity contribution < 1.29 is 9.13 Å². The van der Waals surface area contributed by atoms with E-state index >= 15 is 0 Å². The van der Waals surface area contributed by atoms with Gasteiger partial charge in [-0.3, -0.25) is 0 Å². The van der Waals surface area contributed by atoms with Gasteiger partial charge in [-0.15, -0.1) is 5.10 Å². The Hall–Kier alpha value is -1.14. The molecule has 0 saturated heterocycles. The molecule has 0 amide bonds. The molecule has 0 N–H and O–H groups in total. The number of hydrogen-bond acceptors (Lipinski definition) is 3. The summed E-state index contributed by atoms with van der Waals surface area (Å²) in [6, 6.07) is 4.47. The van der Waals surface area contributed by atoms with E-state index in [1.54, 1.807) is 4.68 Å². The molecule has 0 saturated carbocycles. The molecule has 1 heterocycles. The van der Waals surface area contributed by atoms with Crippen molar-refractivity contribution in [1.29, 1.82) is 0 Å². The monoisotopic (exact) mass is 347 g/mol. The van der Waals surface area contributed by atoms with E-state index in [4.69, 9.17) is 16.3 Å². The lowest BCUT2D eigenvalue weighted by molar-refractivity contribution is 0.371. The molecule has 0 aliphatic carbocycles. The van der Waals surface area contributed by atoms with E-state index in [0.717, 1.165) is 0 Å². The van der Waals surface area contributed by atoms with E-state index < -0.39 is 5.82 Å². The van der Waals surface area contributed by atoms with Crippen molar-refractivity contribution in [2.75, 3.05) is 0 Å². The molecule has 0 aliphatic heterocycles. The summed E-state index contributed by atoms with van der Waals surface area (Å²) in [5.41, 5.74) is 0. The van der Waals surface area contributed by atoms with E-state index in [0.29, 0.717) is 29.0 Å². The molecule has 0 fully saturated rings. The Morgan fingerprint density at radius 2 is 2.21 bits per heavy atom. The Bertz CT molecular complexity index is 588. The standard InChI is InChI=1S/C12H12BrClFN3O/c1-7(2)6-18-12(16-11(13)17-18)19-8-3-4-10(15)9(14)5-8/h3-5,7H,6H2,1-2H3. The first-order valence-electron chi connectivity index (χ1n) is 5.69. The van der Waals surface area contributed by atoms with Crippen LogP contribution in [-0.4, -0.2) is 14.8 Å². The predicted molar refractivity (Wildman–Crippen MR) is 74.0 cm³/mol. The number of aromatic nitrogens is 3. The van der Waals surface area contributed by atoms with Crippen LogP contribution in [0.25, 0.3) is 0 Å². The van der Waals surface area contributed by atoms with Gasteiger partial charge in [-0.25, -0.2) is 9.07 Å². The maximum atomic E-state index is 13.1. The molecule has 102 valence electrons. The van der Waals surface area contributed by atoms with Crippen LogP contribution in [0.4, 0.5) is 4.39 Å². The van der Waals surface area contributed by atoms with Gasteiger partial charge in [0, 0.05) is 12.6 Å². The lowest BCUT2D eigenvalue weighted by Crippen LogP contribution is -2.07. The molecule has 1 aromatic carbocycles. The van der Waals surface area contributed by atoms with Gasteiger partial charge in [0.25, 0.3) is 0 Å². The van der Waals surface area contributed by atoms with Gasteiger partial charge in [-0.2, -0.15) is 4.98 Å². The quantitative estimate of drug-likeness (QED) is 0.828. The van der Waals surface area contributed by atoms with Gasteiger partial charge >= 0.3 is 6.01 Å². The summed E-state index contributed by atoms with van der Waals surface area (Å²) in [5.74, 6) is 0.322. The molecular formula is C12H12BrClFN3O. The predicted octanol–water partition coefficient (Wildman–Crippen LogP) is 4.28. The van der Waals surface area contributed by atoms with Gasteiger partial charge in [0.05, 0.1) is 5.02 Å². The minimum absolute atomic E-state index is 0.00601. The smallest absolute Gasteiger partial charge is 0.321 e. The first kappa shape index (κ1) is 14.3. The Morgan fingerprint density at radius 3 is 2.84 bits per heavy atom. The second-order valence-corrected chi connectivity index (χ2v) is 5.53. The molecule has 2 rings (SSSR count). The average Bonchev–Trinajstić information content (AvgIpc) is 2.63. The molecule has 0 spiro atoms. The summed E-state index contributed by atoms with van der Waals surface area (Å²) >= 11 is 8.91. The van der Waals surface area contributed by atoms with Crippen molar-refractivity contribution in [3.05, 3.63) is 33.8 Å². The summed E-state index contributed by atoms with van der Waals surface area (Å²) in [4.78, 5) is 4.12. The van der Waals surface area contributed by atoms with E-state index in [-0.39, 0.29) is 5.02 Å². The molecular weight excluding hydrogens is 337 g/mol. The number of nitrogens with zero attached hydrogens (tertiary/aromatic N) is 3. The molecule has 2 aromatic rings. The van der Waals surface area contributed by atoms with E-state index in [2.05, 4.69) is 39.9 Å². The first-order chi connectivity index (χ1) is 8.95. The van der Waals surface area contributed by atoms with Crippen molar-refractivity contribution >= 4 is 27.5 Å². The molecule has 19 heavy (non-hydrogen) atoms. The molecule has 0 bridgehead atoms. The lowest BCUT2D eigenvalue weighted by Gasteiger charge is -2.09. The van der Waals surface area contributed by atoms with Crippen LogP contribution >= 0.6 is 27.5 Å². The van der Waals surface area contributed by atoms with Gasteiger partial charge < -0.3 is 4.74 Å². The van der Waals surface area contributed by atoms with E-state index in [9.17, 15) is 4.39 Å². The van der Waals surface area contributed by atoms with Gasteiger partial charge in [0.2, 0.25) is 4.73 Å². The maximum Gasteiger partial charge on any atom is 0.321 e. The fourth-order valence-electron chi connectivity index (χ4n) is 1.49. The normalized spacial score (nSPS) is 11.1. The SMILES string of the molecule is CC(C)Cn1nc(Br)nc1Oc1ccc(F)c(Cl)c1. The molecule has 0 aliphatic rings. The van der Waals surface area contributed by atoms with Gasteiger partial charge in [0.1, 0.15) is 11.6 Å². The topological polar surface area (TPSA) is 39.9 Å². The summed E-state index contributed by atoms with van der Waals surface area (Å²) in [6.07, 6.45) is 0. The fourth-order valence-corrected chi connectivity index (χ4v) is 2.00. The van der Waals surface area contributed by atoms with Crippen LogP contribution < -0.4 is 4.74 Å². The average molecular weight is 349 g/mol. The Balaban J connectivity index is 2.24. The summed E-state index contributed by atoms with van der Waals surface area (Å²) in [7, 11) is 0. The van der Waals surface area contributed by atoms with Crippen LogP contribution in [0, 0.1) is 11.7 Å². The second-order valence-electron chi connectivity index (χ2n) is 4.42. The lowest BCUT2D eigenvalue weighted by atomic mass is 10.2. The summed E-state index contributed by atoms with van der Waals surface area (Å²) < 4.78 is 20.7. The molecule has 7 heteroatoms. The molecule has 0 atom stereocenters. The summed E-state index contributed by atoms with van der Waals surface area (Å²) in [5, 5.41) is 4.18. The molecule has 0 radical (unpaired) electrons. The second kappa shape index (κ2) is 5.88. The van der Waals surface area contributed by atoms with Crippen LogP contribution in [0.15, 0.2) is 22.9 Å². The van der Waals surface area contributed by atoms with Crippen molar-refractivity contribution in [3.8, 4) is 11.8 Å². The van der Waals surface area contributed by atoms with Crippen LogP contribution in [0.1, 0.15) is 13.8 Å². The Morgan fingerprint density at radius 1 is 1.47 bits per heavy atom. The zero-order chi connectivity index (χ0) is 14.0. The van der Waals surface area contributed by atoms with E-state index in [1.807, 2.05) is 0 Å². The van der Waals surface area contributed by atoms with Gasteiger partial charge in [0.15, 0.2) is 0 Å². The number of benzene rings is 1. The van der Waals surface area contributed by atoms with Crippen molar-refractivity contribution in [2.24, 2.45) is 5.92 Å². The zero-order valence-corrected chi connectivity index (χ0v) is 12.7. The third-order valence-corrected chi connectivity index (χ3v) is 2.88. The minimum Gasteiger partial charge on any atom is -0.424 e. The fraction of sp³-hybridized carbons (Fsp3) is 0.333. The zero-order valence-electron chi connectivity index (χ0n) is 10.4. The third kappa shape index (κ3) is 3.67. The highest BCUT2D eigenvalue weighted by molar-refractivity contribution is 9.10. The van der Waals surface area contributed by atoms with Crippen LogP contribution in [0.2, 0.25) is 5.02 Å². The molecule has 1 aromatic heterocycles. The van der Waals surface area contributed by atoms with E-state index in [1.165, 1.54) is 18.2 Å². The van der Waals surface area contributed by atoms with Crippen molar-refractivity contribution in [1.82, 2.24) is 14.8 Å². The van der Waals surface area contributed by atoms with Crippen LogP contribution in [0.5, 0.6) is 11.8 Å². The van der Waals surface area contributed by atoms with Crippen LogP contribution in [-0.2, 0) is 6.54 Å². The number of rotatable bonds is 4. The third-order valence-electron chi connectivity index (χ3n) is 2.25. The number of hydrogen-bond donors (Lipinski definition) is 0.